The van der Waals surface area contributed by atoms with E-state index in [9.17, 15) is 0 Å². The van der Waals surface area contributed by atoms with E-state index in [4.69, 9.17) is 5.26 Å². The van der Waals surface area contributed by atoms with Gasteiger partial charge in [0.25, 0.3) is 0 Å². The van der Waals surface area contributed by atoms with Gasteiger partial charge in [0, 0.05) is 0 Å². The first-order valence-electron chi connectivity index (χ1n) is 4.83. The van der Waals surface area contributed by atoms with E-state index in [1.54, 1.807) is 11.3 Å². The lowest BCUT2D eigenvalue weighted by molar-refractivity contribution is 0.502. The van der Waals surface area contributed by atoms with Crippen LogP contribution in [-0.4, -0.2) is 0 Å². The van der Waals surface area contributed by atoms with Crippen molar-refractivity contribution in [3.05, 3.63) is 22.4 Å². The lowest BCUT2D eigenvalue weighted by atomic mass is 9.88. The van der Waals surface area contributed by atoms with Gasteiger partial charge in [-0.25, -0.2) is 0 Å². The Morgan fingerprint density at radius 1 is 1.46 bits per heavy atom. The molecule has 1 nitrogen and oxygen atoms in total. The summed E-state index contributed by atoms with van der Waals surface area (Å²) in [6.07, 6.45) is 5.11. The van der Waals surface area contributed by atoms with Crippen molar-refractivity contribution in [2.75, 3.05) is 0 Å². The molecule has 1 fully saturated rings. The number of nitrogens with zero attached hydrogens (tertiary/aromatic N) is 1. The molecule has 1 heterocycles. The van der Waals surface area contributed by atoms with Crippen molar-refractivity contribution in [2.24, 2.45) is 5.92 Å². The van der Waals surface area contributed by atoms with Crippen molar-refractivity contribution < 1.29 is 0 Å². The predicted octanol–water partition coefficient (Wildman–Crippen LogP) is 3.55. The highest BCUT2D eigenvalue weighted by Crippen LogP contribution is 2.37. The average Bonchev–Trinajstić information content (AvgIpc) is 2.76. The van der Waals surface area contributed by atoms with Gasteiger partial charge in [0.2, 0.25) is 0 Å². The van der Waals surface area contributed by atoms with Crippen LogP contribution in [0.5, 0.6) is 0 Å². The van der Waals surface area contributed by atoms with E-state index in [0.717, 1.165) is 0 Å². The molecule has 0 saturated heterocycles. The highest BCUT2D eigenvalue weighted by molar-refractivity contribution is 7.08. The summed E-state index contributed by atoms with van der Waals surface area (Å²) in [5.74, 6) is 0.786. The molecule has 1 aliphatic carbocycles. The van der Waals surface area contributed by atoms with Crippen molar-refractivity contribution in [1.82, 2.24) is 0 Å². The fourth-order valence-corrected chi connectivity index (χ4v) is 2.89. The Balaban J connectivity index is 2.14. The van der Waals surface area contributed by atoms with E-state index in [0.29, 0.717) is 5.92 Å². The molecule has 1 aliphatic rings. The third kappa shape index (κ3) is 1.76. The number of hydrogen-bond donors (Lipinski definition) is 0. The van der Waals surface area contributed by atoms with Crippen LogP contribution in [0.1, 0.15) is 37.2 Å². The standard InChI is InChI=1S/C11H13NS/c12-7-11(9-3-1-2-4-9)10-5-6-13-8-10/h5-6,8-9,11H,1-4H2. The minimum atomic E-state index is 0.161. The molecule has 2 rings (SSSR count). The fraction of sp³-hybridized carbons (Fsp3) is 0.545. The molecule has 0 spiro atoms. The zero-order valence-corrected chi connectivity index (χ0v) is 8.39. The summed E-state index contributed by atoms with van der Waals surface area (Å²) in [6.45, 7) is 0. The van der Waals surface area contributed by atoms with Gasteiger partial charge in [-0.05, 0) is 41.1 Å². The Labute approximate surface area is 83.0 Å². The Morgan fingerprint density at radius 2 is 2.23 bits per heavy atom. The Hall–Kier alpha value is -0.810. The molecule has 0 aliphatic heterocycles. The maximum Gasteiger partial charge on any atom is 0.0748 e. The summed E-state index contributed by atoms with van der Waals surface area (Å²) in [5, 5.41) is 13.3. The van der Waals surface area contributed by atoms with Crippen molar-refractivity contribution in [2.45, 2.75) is 31.6 Å². The molecule has 1 atom stereocenters. The Kier molecular flexibility index (Phi) is 2.65. The molecular weight excluding hydrogens is 178 g/mol. The summed E-state index contributed by atoms with van der Waals surface area (Å²) < 4.78 is 0. The van der Waals surface area contributed by atoms with Crippen LogP contribution in [-0.2, 0) is 0 Å². The van der Waals surface area contributed by atoms with Gasteiger partial charge < -0.3 is 0 Å². The van der Waals surface area contributed by atoms with Gasteiger partial charge in [-0.2, -0.15) is 16.6 Å². The van der Waals surface area contributed by atoms with Gasteiger partial charge in [-0.15, -0.1) is 0 Å². The zero-order valence-electron chi connectivity index (χ0n) is 7.57. The highest BCUT2D eigenvalue weighted by atomic mass is 32.1. The minimum absolute atomic E-state index is 0.161. The van der Waals surface area contributed by atoms with E-state index in [1.165, 1.54) is 31.2 Å². The first kappa shape index (κ1) is 8.77. The van der Waals surface area contributed by atoms with Gasteiger partial charge >= 0.3 is 0 Å². The van der Waals surface area contributed by atoms with Gasteiger partial charge in [0.05, 0.1) is 12.0 Å². The monoisotopic (exact) mass is 191 g/mol. The lowest BCUT2D eigenvalue weighted by Crippen LogP contribution is -2.06. The lowest BCUT2D eigenvalue weighted by Gasteiger charge is -2.14. The van der Waals surface area contributed by atoms with Crippen molar-refractivity contribution in [3.8, 4) is 6.07 Å². The molecule has 1 aromatic heterocycles. The predicted molar refractivity (Wildman–Crippen MR) is 54.6 cm³/mol. The maximum absolute atomic E-state index is 9.11. The average molecular weight is 191 g/mol. The minimum Gasteiger partial charge on any atom is -0.198 e. The zero-order chi connectivity index (χ0) is 9.10. The number of nitriles is 1. The highest BCUT2D eigenvalue weighted by Gasteiger charge is 2.26. The van der Waals surface area contributed by atoms with E-state index in [2.05, 4.69) is 22.9 Å². The van der Waals surface area contributed by atoms with Crippen LogP contribution in [0.25, 0.3) is 0 Å². The summed E-state index contributed by atoms with van der Waals surface area (Å²) in [6, 6.07) is 4.55. The molecule has 0 radical (unpaired) electrons. The quantitative estimate of drug-likeness (QED) is 0.701. The maximum atomic E-state index is 9.11. The van der Waals surface area contributed by atoms with Crippen LogP contribution < -0.4 is 0 Å². The largest absolute Gasteiger partial charge is 0.198 e. The molecule has 2 heteroatoms. The second kappa shape index (κ2) is 3.93. The summed E-state index contributed by atoms with van der Waals surface area (Å²) in [4.78, 5) is 0. The number of rotatable bonds is 2. The smallest absolute Gasteiger partial charge is 0.0748 e. The molecule has 1 saturated carbocycles. The van der Waals surface area contributed by atoms with Crippen molar-refractivity contribution in [1.29, 1.82) is 5.26 Å². The molecule has 0 amide bonds. The van der Waals surface area contributed by atoms with Gasteiger partial charge in [0.1, 0.15) is 0 Å². The van der Waals surface area contributed by atoms with E-state index >= 15 is 0 Å². The second-order valence-electron chi connectivity index (χ2n) is 3.71. The van der Waals surface area contributed by atoms with Crippen LogP contribution >= 0.6 is 11.3 Å². The van der Waals surface area contributed by atoms with Gasteiger partial charge in [-0.3, -0.25) is 0 Å². The van der Waals surface area contributed by atoms with E-state index in [1.807, 2.05) is 0 Å². The van der Waals surface area contributed by atoms with Crippen LogP contribution in [0.15, 0.2) is 16.8 Å². The van der Waals surface area contributed by atoms with Crippen LogP contribution in [0.2, 0.25) is 0 Å². The summed E-state index contributed by atoms with van der Waals surface area (Å²) >= 11 is 1.69. The van der Waals surface area contributed by atoms with Gasteiger partial charge in [0.15, 0.2) is 0 Å². The molecule has 13 heavy (non-hydrogen) atoms. The molecule has 0 N–H and O–H groups in total. The normalized spacial score (nSPS) is 19.9. The molecule has 68 valence electrons. The van der Waals surface area contributed by atoms with Crippen LogP contribution in [0.4, 0.5) is 0 Å². The molecule has 0 bridgehead atoms. The fourth-order valence-electron chi connectivity index (χ4n) is 2.19. The Bertz CT molecular complexity index is 290. The van der Waals surface area contributed by atoms with Crippen molar-refractivity contribution >= 4 is 11.3 Å². The molecule has 1 unspecified atom stereocenters. The van der Waals surface area contributed by atoms with Crippen LogP contribution in [0, 0.1) is 17.2 Å². The summed E-state index contributed by atoms with van der Waals surface area (Å²) in [5.41, 5.74) is 1.24. The molecular formula is C11H13NS. The number of hydrogen-bond acceptors (Lipinski definition) is 2. The molecule has 0 aromatic carbocycles. The van der Waals surface area contributed by atoms with Crippen molar-refractivity contribution in [3.63, 3.8) is 0 Å². The third-order valence-corrected chi connectivity index (χ3v) is 3.61. The number of thiophene rings is 1. The van der Waals surface area contributed by atoms with Crippen LogP contribution in [0.3, 0.4) is 0 Å². The second-order valence-corrected chi connectivity index (χ2v) is 4.49. The first-order chi connectivity index (χ1) is 6.42. The summed E-state index contributed by atoms with van der Waals surface area (Å²) in [7, 11) is 0. The first-order valence-corrected chi connectivity index (χ1v) is 5.78. The SMILES string of the molecule is N#CC(c1ccsc1)C1CCCC1. The third-order valence-electron chi connectivity index (χ3n) is 2.91. The molecule has 1 aromatic rings. The van der Waals surface area contributed by atoms with Gasteiger partial charge in [-0.1, -0.05) is 12.8 Å². The Morgan fingerprint density at radius 3 is 2.77 bits per heavy atom. The van der Waals surface area contributed by atoms with E-state index < -0.39 is 0 Å². The van der Waals surface area contributed by atoms with E-state index in [-0.39, 0.29) is 5.92 Å². The topological polar surface area (TPSA) is 23.8 Å².